The van der Waals surface area contributed by atoms with Crippen LogP contribution in [0.5, 0.6) is 0 Å². The summed E-state index contributed by atoms with van der Waals surface area (Å²) in [6, 6.07) is 27.3. The summed E-state index contributed by atoms with van der Waals surface area (Å²) in [5.74, 6) is -0.733. The van der Waals surface area contributed by atoms with Crippen LogP contribution in [0.1, 0.15) is 106 Å². The van der Waals surface area contributed by atoms with E-state index >= 15 is 0 Å². The number of carboxylic acids is 1. The monoisotopic (exact) mass is 621 g/mol. The second-order valence-electron chi connectivity index (χ2n) is 12.9. The van der Waals surface area contributed by atoms with Gasteiger partial charge in [0, 0.05) is 0 Å². The number of carbonyl (C=O) groups is 1. The number of piperidine rings is 1. The van der Waals surface area contributed by atoms with E-state index in [2.05, 4.69) is 4.90 Å². The van der Waals surface area contributed by atoms with Gasteiger partial charge in [0.2, 0.25) is 0 Å². The number of rotatable bonds is 10. The average molecular weight is 622 g/mol. The molecule has 0 aromatic heterocycles. The van der Waals surface area contributed by atoms with E-state index in [-0.39, 0.29) is 18.3 Å². The first kappa shape index (κ1) is 35.8. The SMILES string of the molecule is C1CCCCC1.CC(C)(C(=O)O)c1ccc([C@@H](O)CCCN2CCC(C(O)(c3ccccc3)c3ccccc3)CC2)cc1.Cl. The Kier molecular flexibility index (Phi) is 13.9. The number of aliphatic carboxylic acids is 1. The predicted molar refractivity (Wildman–Crippen MR) is 181 cm³/mol. The predicted octanol–water partition coefficient (Wildman–Crippen LogP) is 8.27. The molecule has 240 valence electrons. The Labute approximate surface area is 270 Å². The van der Waals surface area contributed by atoms with E-state index in [1.807, 2.05) is 72.8 Å². The fraction of sp³-hybridized carbons (Fsp3) is 0.500. The molecule has 1 atom stereocenters. The van der Waals surface area contributed by atoms with Gasteiger partial charge in [-0.1, -0.05) is 123 Å². The first-order chi connectivity index (χ1) is 20.7. The third-order valence-corrected chi connectivity index (χ3v) is 9.61. The van der Waals surface area contributed by atoms with Crippen LogP contribution >= 0.6 is 12.4 Å². The minimum absolute atomic E-state index is 0. The number of likely N-dealkylation sites (tertiary alicyclic amines) is 1. The number of halogens is 1. The standard InChI is InChI=1S/C32H39NO4.C6H12.ClH/c1-31(2,30(35)36)25-17-15-24(16-18-25)29(34)14-9-21-33-22-19-28(20-23-33)32(37,26-10-5-3-6-11-26)27-12-7-4-8-13-27;1-2-4-6-5-3-1;/h3-8,10-13,15-18,28-29,34,37H,9,14,19-23H2,1-2H3,(H,35,36);1-6H2;1H/t29-;;/m0../s1. The van der Waals surface area contributed by atoms with Crippen molar-refractivity contribution in [2.45, 2.75) is 95.2 Å². The van der Waals surface area contributed by atoms with Crippen LogP contribution in [-0.4, -0.2) is 45.8 Å². The molecule has 1 saturated carbocycles. The largest absolute Gasteiger partial charge is 0.481 e. The van der Waals surface area contributed by atoms with Gasteiger partial charge in [0.25, 0.3) is 0 Å². The molecule has 1 saturated heterocycles. The van der Waals surface area contributed by atoms with E-state index < -0.39 is 23.1 Å². The Morgan fingerprint density at radius 1 is 0.773 bits per heavy atom. The van der Waals surface area contributed by atoms with Crippen LogP contribution in [0, 0.1) is 5.92 Å². The van der Waals surface area contributed by atoms with Crippen LogP contribution in [0.3, 0.4) is 0 Å². The maximum atomic E-state index is 12.1. The first-order valence-corrected chi connectivity index (χ1v) is 16.3. The molecule has 44 heavy (non-hydrogen) atoms. The molecule has 3 aromatic carbocycles. The average Bonchev–Trinajstić information content (AvgIpc) is 3.06. The van der Waals surface area contributed by atoms with Crippen LogP contribution in [-0.2, 0) is 15.8 Å². The molecule has 0 amide bonds. The van der Waals surface area contributed by atoms with Crippen LogP contribution in [0.25, 0.3) is 0 Å². The number of nitrogens with zero attached hydrogens (tertiary/aromatic N) is 1. The topological polar surface area (TPSA) is 81.0 Å². The van der Waals surface area contributed by atoms with E-state index in [1.54, 1.807) is 26.0 Å². The van der Waals surface area contributed by atoms with E-state index in [0.717, 1.165) is 61.2 Å². The van der Waals surface area contributed by atoms with Crippen molar-refractivity contribution in [1.29, 1.82) is 0 Å². The lowest BCUT2D eigenvalue weighted by Gasteiger charge is -2.42. The maximum absolute atomic E-state index is 12.1. The van der Waals surface area contributed by atoms with Crippen LogP contribution in [0.4, 0.5) is 0 Å². The van der Waals surface area contributed by atoms with Crippen molar-refractivity contribution in [2.75, 3.05) is 19.6 Å². The van der Waals surface area contributed by atoms with E-state index in [1.165, 1.54) is 38.5 Å². The molecule has 2 fully saturated rings. The summed E-state index contributed by atoms with van der Waals surface area (Å²) in [5.41, 5.74) is 1.47. The zero-order chi connectivity index (χ0) is 30.7. The Morgan fingerprint density at radius 2 is 1.23 bits per heavy atom. The van der Waals surface area contributed by atoms with Gasteiger partial charge in [0.05, 0.1) is 11.5 Å². The number of benzene rings is 3. The van der Waals surface area contributed by atoms with Crippen molar-refractivity contribution in [3.05, 3.63) is 107 Å². The molecule has 0 radical (unpaired) electrons. The Hall–Kier alpha value is -2.70. The summed E-state index contributed by atoms with van der Waals surface area (Å²) in [6.45, 7) is 6.11. The van der Waals surface area contributed by atoms with Gasteiger partial charge in [-0.05, 0) is 87.3 Å². The quantitative estimate of drug-likeness (QED) is 0.212. The lowest BCUT2D eigenvalue weighted by atomic mass is 9.72. The van der Waals surface area contributed by atoms with Gasteiger partial charge in [-0.25, -0.2) is 0 Å². The molecule has 3 N–H and O–H groups in total. The highest BCUT2D eigenvalue weighted by atomic mass is 35.5. The molecule has 0 spiro atoms. The normalized spacial score (nSPS) is 17.1. The van der Waals surface area contributed by atoms with Crippen molar-refractivity contribution in [3.63, 3.8) is 0 Å². The summed E-state index contributed by atoms with van der Waals surface area (Å²) in [6.07, 6.45) is 11.8. The Morgan fingerprint density at radius 3 is 1.66 bits per heavy atom. The van der Waals surface area contributed by atoms with Crippen molar-refractivity contribution in [2.24, 2.45) is 5.92 Å². The molecule has 1 heterocycles. The summed E-state index contributed by atoms with van der Waals surface area (Å²) in [7, 11) is 0. The smallest absolute Gasteiger partial charge is 0.313 e. The van der Waals surface area contributed by atoms with Gasteiger partial charge in [-0.2, -0.15) is 0 Å². The second-order valence-corrected chi connectivity index (χ2v) is 12.9. The Balaban J connectivity index is 0.000000675. The molecule has 0 unspecified atom stereocenters. The summed E-state index contributed by atoms with van der Waals surface area (Å²) in [5, 5.41) is 32.2. The van der Waals surface area contributed by atoms with Crippen molar-refractivity contribution < 1.29 is 20.1 Å². The molecule has 5 rings (SSSR count). The van der Waals surface area contributed by atoms with Crippen molar-refractivity contribution >= 4 is 18.4 Å². The molecule has 3 aromatic rings. The van der Waals surface area contributed by atoms with Gasteiger partial charge in [-0.15, -0.1) is 12.4 Å². The number of aliphatic hydroxyl groups excluding tert-OH is 1. The van der Waals surface area contributed by atoms with Crippen molar-refractivity contribution in [3.8, 4) is 0 Å². The van der Waals surface area contributed by atoms with E-state index in [9.17, 15) is 20.1 Å². The minimum Gasteiger partial charge on any atom is -0.481 e. The number of hydrogen-bond donors (Lipinski definition) is 3. The maximum Gasteiger partial charge on any atom is 0.313 e. The zero-order valence-electron chi connectivity index (χ0n) is 26.5. The van der Waals surface area contributed by atoms with E-state index in [0.29, 0.717) is 6.42 Å². The highest BCUT2D eigenvalue weighted by Crippen LogP contribution is 2.42. The van der Waals surface area contributed by atoms with Crippen LogP contribution in [0.2, 0.25) is 0 Å². The third-order valence-electron chi connectivity index (χ3n) is 9.61. The van der Waals surface area contributed by atoms with Crippen molar-refractivity contribution in [1.82, 2.24) is 4.90 Å². The molecular weight excluding hydrogens is 570 g/mol. The highest BCUT2D eigenvalue weighted by molar-refractivity contribution is 5.85. The number of aliphatic hydroxyl groups is 2. The molecule has 0 bridgehead atoms. The number of hydrogen-bond acceptors (Lipinski definition) is 4. The summed E-state index contributed by atoms with van der Waals surface area (Å²) < 4.78 is 0. The van der Waals surface area contributed by atoms with Gasteiger partial charge in [0.15, 0.2) is 0 Å². The minimum atomic E-state index is -1.01. The van der Waals surface area contributed by atoms with E-state index in [4.69, 9.17) is 0 Å². The van der Waals surface area contributed by atoms with Crippen LogP contribution < -0.4 is 0 Å². The zero-order valence-corrected chi connectivity index (χ0v) is 27.4. The molecule has 1 aliphatic heterocycles. The second kappa shape index (κ2) is 17.1. The van der Waals surface area contributed by atoms with Crippen LogP contribution in [0.15, 0.2) is 84.9 Å². The van der Waals surface area contributed by atoms with Gasteiger partial charge in [-0.3, -0.25) is 4.79 Å². The molecule has 5 nitrogen and oxygen atoms in total. The fourth-order valence-corrected chi connectivity index (χ4v) is 6.58. The molecule has 1 aliphatic carbocycles. The Bertz CT molecular complexity index is 1190. The third kappa shape index (κ3) is 9.17. The van der Waals surface area contributed by atoms with Gasteiger partial charge < -0.3 is 20.2 Å². The van der Waals surface area contributed by atoms with Gasteiger partial charge in [0.1, 0.15) is 5.60 Å². The number of carboxylic acid groups (broad SMARTS) is 1. The van der Waals surface area contributed by atoms with Gasteiger partial charge >= 0.3 is 5.97 Å². The first-order valence-electron chi connectivity index (χ1n) is 16.3. The summed E-state index contributed by atoms with van der Waals surface area (Å²) in [4.78, 5) is 13.9. The fourth-order valence-electron chi connectivity index (χ4n) is 6.58. The lowest BCUT2D eigenvalue weighted by molar-refractivity contribution is -0.142. The molecular formula is C38H52ClNO4. The molecule has 2 aliphatic rings. The lowest BCUT2D eigenvalue weighted by Crippen LogP contribution is -2.44. The summed E-state index contributed by atoms with van der Waals surface area (Å²) >= 11 is 0. The molecule has 6 heteroatoms. The highest BCUT2D eigenvalue weighted by Gasteiger charge is 2.41.